The highest BCUT2D eigenvalue weighted by Crippen LogP contribution is 2.02. The molecule has 1 heterocycles. The van der Waals surface area contributed by atoms with Gasteiger partial charge in [0.2, 0.25) is 0 Å². The zero-order valence-electron chi connectivity index (χ0n) is 9.32. The summed E-state index contributed by atoms with van der Waals surface area (Å²) >= 11 is 0. The largest absolute Gasteiger partial charge is 0.302 e. The van der Waals surface area contributed by atoms with Gasteiger partial charge >= 0.3 is 0 Å². The van der Waals surface area contributed by atoms with E-state index in [2.05, 4.69) is 41.0 Å². The van der Waals surface area contributed by atoms with Gasteiger partial charge in [0.25, 0.3) is 0 Å². The number of nitrogens with one attached hydrogen (secondary N) is 2. The van der Waals surface area contributed by atoms with E-state index in [0.717, 1.165) is 13.0 Å². The highest BCUT2D eigenvalue weighted by atomic mass is 35.5. The van der Waals surface area contributed by atoms with Crippen LogP contribution >= 0.6 is 24.8 Å². The van der Waals surface area contributed by atoms with Gasteiger partial charge in [0, 0.05) is 6.54 Å². The highest BCUT2D eigenvalue weighted by molar-refractivity contribution is 5.85. The number of rotatable bonds is 4. The molecule has 0 saturated carbocycles. The minimum atomic E-state index is 0. The van der Waals surface area contributed by atoms with Gasteiger partial charge in [0.05, 0.1) is 6.17 Å². The summed E-state index contributed by atoms with van der Waals surface area (Å²) in [6, 6.07) is 10.6. The smallest absolute Gasteiger partial charge is 0.0572 e. The van der Waals surface area contributed by atoms with Gasteiger partial charge in [-0.25, -0.2) is 0 Å². The van der Waals surface area contributed by atoms with Gasteiger partial charge in [0.1, 0.15) is 0 Å². The first-order chi connectivity index (χ1) is 6.95. The fraction of sp³-hybridized carbons (Fsp3) is 0.500. The highest BCUT2D eigenvalue weighted by Gasteiger charge is 2.11. The second kappa shape index (κ2) is 8.82. The van der Waals surface area contributed by atoms with Crippen LogP contribution in [-0.2, 0) is 6.42 Å². The van der Waals surface area contributed by atoms with Crippen LogP contribution in [0.25, 0.3) is 0 Å². The molecule has 4 heteroatoms. The molecule has 92 valence electrons. The van der Waals surface area contributed by atoms with E-state index in [1.165, 1.54) is 24.9 Å². The number of hydrogen-bond donors (Lipinski definition) is 2. The molecule has 16 heavy (non-hydrogen) atoms. The maximum atomic E-state index is 3.52. The Hall–Kier alpha value is -0.280. The summed E-state index contributed by atoms with van der Waals surface area (Å²) in [5.41, 5.74) is 1.41. The summed E-state index contributed by atoms with van der Waals surface area (Å²) in [5.74, 6) is 0. The van der Waals surface area contributed by atoms with E-state index >= 15 is 0 Å². The third-order valence-electron chi connectivity index (χ3n) is 2.71. The fourth-order valence-corrected chi connectivity index (χ4v) is 1.89. The lowest BCUT2D eigenvalue weighted by molar-refractivity contribution is 0.486. The van der Waals surface area contributed by atoms with Gasteiger partial charge < -0.3 is 10.6 Å². The summed E-state index contributed by atoms with van der Waals surface area (Å²) in [6.45, 7) is 2.24. The van der Waals surface area contributed by atoms with E-state index in [1.807, 2.05) is 0 Å². The van der Waals surface area contributed by atoms with Crippen molar-refractivity contribution in [3.05, 3.63) is 35.9 Å². The number of hydrogen-bond acceptors (Lipinski definition) is 2. The normalized spacial score (nSPS) is 18.6. The lowest BCUT2D eigenvalue weighted by Crippen LogP contribution is -2.38. The molecule has 0 aliphatic carbocycles. The first-order valence-electron chi connectivity index (χ1n) is 5.46. The van der Waals surface area contributed by atoms with Gasteiger partial charge in [-0.1, -0.05) is 30.3 Å². The molecule has 1 aliphatic heterocycles. The molecule has 0 amide bonds. The lowest BCUT2D eigenvalue weighted by Gasteiger charge is -2.12. The van der Waals surface area contributed by atoms with Crippen LogP contribution in [0.5, 0.6) is 0 Å². The molecule has 1 aromatic carbocycles. The fourth-order valence-electron chi connectivity index (χ4n) is 1.89. The van der Waals surface area contributed by atoms with Gasteiger partial charge in [-0.3, -0.25) is 0 Å². The lowest BCUT2D eigenvalue weighted by atomic mass is 10.1. The van der Waals surface area contributed by atoms with Crippen molar-refractivity contribution in [2.24, 2.45) is 0 Å². The van der Waals surface area contributed by atoms with Crippen LogP contribution in [-0.4, -0.2) is 19.3 Å². The predicted octanol–water partition coefficient (Wildman–Crippen LogP) is 2.37. The Morgan fingerprint density at radius 1 is 1.19 bits per heavy atom. The van der Waals surface area contributed by atoms with E-state index in [4.69, 9.17) is 0 Å². The molecule has 0 spiro atoms. The molecular formula is C12H20Cl2N2. The molecule has 1 unspecified atom stereocenters. The molecule has 0 aromatic heterocycles. The monoisotopic (exact) mass is 262 g/mol. The summed E-state index contributed by atoms with van der Waals surface area (Å²) in [6.07, 6.45) is 4.26. The van der Waals surface area contributed by atoms with Crippen molar-refractivity contribution < 1.29 is 0 Å². The summed E-state index contributed by atoms with van der Waals surface area (Å²) < 4.78 is 0. The minimum Gasteiger partial charge on any atom is -0.302 e. The Bertz CT molecular complexity index is 261. The molecule has 1 fully saturated rings. The maximum absolute atomic E-state index is 3.52. The van der Waals surface area contributed by atoms with Crippen molar-refractivity contribution in [3.8, 4) is 0 Å². The molecule has 2 nitrogen and oxygen atoms in total. The zero-order chi connectivity index (χ0) is 9.64. The van der Waals surface area contributed by atoms with Crippen LogP contribution in [0.3, 0.4) is 0 Å². The second-order valence-corrected chi connectivity index (χ2v) is 3.84. The van der Waals surface area contributed by atoms with Crippen LogP contribution in [0, 0.1) is 0 Å². The predicted molar refractivity (Wildman–Crippen MR) is 73.7 cm³/mol. The van der Waals surface area contributed by atoms with Crippen LogP contribution in [0.2, 0.25) is 0 Å². The topological polar surface area (TPSA) is 24.1 Å². The molecule has 1 aromatic rings. The van der Waals surface area contributed by atoms with Crippen LogP contribution in [0.15, 0.2) is 30.3 Å². The Morgan fingerprint density at radius 3 is 2.56 bits per heavy atom. The Kier molecular flexibility index (Phi) is 8.67. The summed E-state index contributed by atoms with van der Waals surface area (Å²) in [4.78, 5) is 0. The second-order valence-electron chi connectivity index (χ2n) is 3.84. The van der Waals surface area contributed by atoms with Crippen molar-refractivity contribution in [3.63, 3.8) is 0 Å². The van der Waals surface area contributed by atoms with E-state index in [9.17, 15) is 0 Å². The van der Waals surface area contributed by atoms with Gasteiger partial charge in [-0.15, -0.1) is 24.8 Å². The van der Waals surface area contributed by atoms with E-state index in [-0.39, 0.29) is 24.8 Å². The van der Waals surface area contributed by atoms with Crippen LogP contribution < -0.4 is 10.6 Å². The van der Waals surface area contributed by atoms with Crippen molar-refractivity contribution in [2.45, 2.75) is 25.4 Å². The van der Waals surface area contributed by atoms with Crippen LogP contribution in [0.4, 0.5) is 0 Å². The van der Waals surface area contributed by atoms with E-state index < -0.39 is 0 Å². The third kappa shape index (κ3) is 5.17. The summed E-state index contributed by atoms with van der Waals surface area (Å²) in [5, 5.41) is 6.95. The van der Waals surface area contributed by atoms with Gasteiger partial charge in [-0.05, 0) is 31.4 Å². The molecule has 1 atom stereocenters. The van der Waals surface area contributed by atoms with E-state index in [1.54, 1.807) is 0 Å². The minimum absolute atomic E-state index is 0. The third-order valence-corrected chi connectivity index (χ3v) is 2.71. The van der Waals surface area contributed by atoms with Crippen LogP contribution in [0.1, 0.15) is 18.4 Å². The molecule has 0 bridgehead atoms. The number of benzene rings is 1. The quantitative estimate of drug-likeness (QED) is 0.871. The average Bonchev–Trinajstić information content (AvgIpc) is 2.72. The first-order valence-corrected chi connectivity index (χ1v) is 5.46. The molecule has 0 radical (unpaired) electrons. The van der Waals surface area contributed by atoms with Crippen molar-refractivity contribution >= 4 is 24.8 Å². The Labute approximate surface area is 110 Å². The number of halogens is 2. The van der Waals surface area contributed by atoms with Gasteiger partial charge in [0.15, 0.2) is 0 Å². The Morgan fingerprint density at radius 2 is 1.94 bits per heavy atom. The Balaban J connectivity index is 0.00000112. The molecule has 2 N–H and O–H groups in total. The zero-order valence-corrected chi connectivity index (χ0v) is 10.9. The van der Waals surface area contributed by atoms with E-state index in [0.29, 0.717) is 6.17 Å². The molecule has 1 aliphatic rings. The first kappa shape index (κ1) is 15.7. The molecular weight excluding hydrogens is 243 g/mol. The maximum Gasteiger partial charge on any atom is 0.0572 e. The average molecular weight is 263 g/mol. The van der Waals surface area contributed by atoms with Crippen molar-refractivity contribution in [2.75, 3.05) is 13.1 Å². The molecule has 2 rings (SSSR count). The van der Waals surface area contributed by atoms with Crippen molar-refractivity contribution in [1.29, 1.82) is 0 Å². The van der Waals surface area contributed by atoms with Gasteiger partial charge in [-0.2, -0.15) is 0 Å². The SMILES string of the molecule is Cl.Cl.c1ccc(CCNC2CCCN2)cc1. The van der Waals surface area contributed by atoms with Crippen molar-refractivity contribution in [1.82, 2.24) is 10.6 Å². The molecule has 1 saturated heterocycles. The summed E-state index contributed by atoms with van der Waals surface area (Å²) in [7, 11) is 0. The standard InChI is InChI=1S/C12H18N2.2ClH/c1-2-5-11(6-3-1)8-10-14-12-7-4-9-13-12;;/h1-3,5-6,12-14H,4,7-10H2;2*1H.